The maximum absolute atomic E-state index is 10.9. The van der Waals surface area contributed by atoms with E-state index in [0.717, 1.165) is 6.42 Å². The smallest absolute Gasteiger partial charge is 0.276 e. The number of nitro groups is 1. The Hall–Kier alpha value is -1.36. The second kappa shape index (κ2) is 5.74. The summed E-state index contributed by atoms with van der Waals surface area (Å²) >= 11 is 5.87. The normalized spacial score (nSPS) is 23.1. The number of pyridine rings is 1. The van der Waals surface area contributed by atoms with Gasteiger partial charge in [-0.2, -0.15) is 0 Å². The fraction of sp³-hybridized carbons (Fsp3) is 0.615. The molecular weight excluding hydrogens is 266 g/mol. The summed E-state index contributed by atoms with van der Waals surface area (Å²) in [4.78, 5) is 16.7. The van der Waals surface area contributed by atoms with E-state index in [1.165, 1.54) is 31.4 Å². The Labute approximate surface area is 117 Å². The third-order valence-electron chi connectivity index (χ3n) is 3.90. The van der Waals surface area contributed by atoms with Crippen molar-refractivity contribution < 1.29 is 4.92 Å². The fourth-order valence-corrected chi connectivity index (χ4v) is 3.00. The molecule has 2 atom stereocenters. The van der Waals surface area contributed by atoms with E-state index in [9.17, 15) is 10.1 Å². The summed E-state index contributed by atoms with van der Waals surface area (Å²) in [6, 6.07) is 3.15. The van der Waals surface area contributed by atoms with Crippen LogP contribution < -0.4 is 4.90 Å². The van der Waals surface area contributed by atoms with Crippen molar-refractivity contribution in [2.24, 2.45) is 5.92 Å². The van der Waals surface area contributed by atoms with E-state index in [1.54, 1.807) is 0 Å². The lowest BCUT2D eigenvalue weighted by molar-refractivity contribution is -0.384. The summed E-state index contributed by atoms with van der Waals surface area (Å²) in [5, 5.41) is 11.0. The van der Waals surface area contributed by atoms with Crippen molar-refractivity contribution in [2.75, 3.05) is 11.9 Å². The topological polar surface area (TPSA) is 59.3 Å². The lowest BCUT2D eigenvalue weighted by atomic mass is 9.85. The highest BCUT2D eigenvalue weighted by Crippen LogP contribution is 2.31. The first-order valence-corrected chi connectivity index (χ1v) is 6.91. The highest BCUT2D eigenvalue weighted by atomic mass is 35.5. The van der Waals surface area contributed by atoms with Crippen molar-refractivity contribution in [1.82, 2.24) is 4.98 Å². The monoisotopic (exact) mass is 283 g/mol. The van der Waals surface area contributed by atoms with Gasteiger partial charge >= 0.3 is 0 Å². The molecule has 2 rings (SSSR count). The lowest BCUT2D eigenvalue weighted by Crippen LogP contribution is -2.39. The third-order valence-corrected chi connectivity index (χ3v) is 4.09. The Balaban J connectivity index is 2.27. The van der Waals surface area contributed by atoms with E-state index in [2.05, 4.69) is 11.9 Å². The Kier molecular flexibility index (Phi) is 4.24. The second-order valence-electron chi connectivity index (χ2n) is 5.20. The molecular formula is C13H18ClN3O2. The van der Waals surface area contributed by atoms with Crippen LogP contribution in [-0.2, 0) is 0 Å². The Morgan fingerprint density at radius 2 is 2.11 bits per heavy atom. The van der Waals surface area contributed by atoms with Crippen molar-refractivity contribution in [1.29, 1.82) is 0 Å². The molecule has 1 aromatic heterocycles. The maximum atomic E-state index is 10.9. The van der Waals surface area contributed by atoms with Crippen LogP contribution >= 0.6 is 11.6 Å². The zero-order chi connectivity index (χ0) is 14.0. The van der Waals surface area contributed by atoms with E-state index >= 15 is 0 Å². The van der Waals surface area contributed by atoms with Gasteiger partial charge in [0.25, 0.3) is 5.69 Å². The van der Waals surface area contributed by atoms with E-state index in [0.29, 0.717) is 17.8 Å². The van der Waals surface area contributed by atoms with Gasteiger partial charge in [0.05, 0.1) is 17.1 Å². The van der Waals surface area contributed by atoms with Crippen molar-refractivity contribution >= 4 is 23.1 Å². The predicted molar refractivity (Wildman–Crippen MR) is 75.7 cm³/mol. The minimum Gasteiger partial charge on any atom is -0.356 e. The molecule has 0 spiro atoms. The number of hydrogen-bond acceptors (Lipinski definition) is 4. The fourth-order valence-electron chi connectivity index (χ4n) is 2.80. The van der Waals surface area contributed by atoms with Crippen LogP contribution in [0.2, 0.25) is 5.15 Å². The summed E-state index contributed by atoms with van der Waals surface area (Å²) < 4.78 is 0. The Bertz CT molecular complexity index is 481. The van der Waals surface area contributed by atoms with Gasteiger partial charge in [-0.15, -0.1) is 0 Å². The van der Waals surface area contributed by atoms with Gasteiger partial charge in [-0.1, -0.05) is 31.4 Å². The van der Waals surface area contributed by atoms with Gasteiger partial charge in [-0.3, -0.25) is 10.1 Å². The van der Waals surface area contributed by atoms with Gasteiger partial charge in [0, 0.05) is 13.1 Å². The van der Waals surface area contributed by atoms with E-state index < -0.39 is 4.92 Å². The number of anilines is 1. The number of halogens is 1. The van der Waals surface area contributed by atoms with Gasteiger partial charge in [0.2, 0.25) is 0 Å². The molecule has 2 unspecified atom stereocenters. The first kappa shape index (κ1) is 14.1. The van der Waals surface area contributed by atoms with E-state index in [4.69, 9.17) is 11.6 Å². The molecule has 5 nitrogen and oxygen atoms in total. The van der Waals surface area contributed by atoms with Crippen molar-refractivity contribution in [3.8, 4) is 0 Å². The van der Waals surface area contributed by atoms with Crippen LogP contribution in [0.15, 0.2) is 12.1 Å². The zero-order valence-electron chi connectivity index (χ0n) is 11.2. The van der Waals surface area contributed by atoms with Crippen LogP contribution in [0.1, 0.15) is 32.6 Å². The molecule has 104 valence electrons. The molecule has 1 saturated carbocycles. The quantitative estimate of drug-likeness (QED) is 0.482. The molecule has 0 bridgehead atoms. The van der Waals surface area contributed by atoms with E-state index in [-0.39, 0.29) is 10.8 Å². The summed E-state index contributed by atoms with van der Waals surface area (Å²) in [5.74, 6) is 1.15. The maximum Gasteiger partial charge on any atom is 0.276 e. The van der Waals surface area contributed by atoms with Crippen LogP contribution in [0.25, 0.3) is 0 Å². The molecule has 0 aliphatic heterocycles. The largest absolute Gasteiger partial charge is 0.356 e. The second-order valence-corrected chi connectivity index (χ2v) is 5.59. The van der Waals surface area contributed by atoms with Crippen LogP contribution in [0.5, 0.6) is 0 Å². The molecule has 1 aliphatic carbocycles. The first-order valence-electron chi connectivity index (χ1n) is 6.54. The van der Waals surface area contributed by atoms with Crippen molar-refractivity contribution in [3.05, 3.63) is 27.4 Å². The molecule has 1 heterocycles. The molecule has 0 saturated heterocycles. The Morgan fingerprint density at radius 1 is 1.42 bits per heavy atom. The molecule has 1 aliphatic rings. The van der Waals surface area contributed by atoms with Crippen molar-refractivity contribution in [3.63, 3.8) is 0 Å². The molecule has 0 amide bonds. The predicted octanol–water partition coefficient (Wildman–Crippen LogP) is 3.66. The highest BCUT2D eigenvalue weighted by molar-refractivity contribution is 6.29. The summed E-state index contributed by atoms with van der Waals surface area (Å²) in [5.41, 5.74) is -0.00897. The van der Waals surface area contributed by atoms with Gasteiger partial charge in [-0.05, 0) is 18.8 Å². The van der Waals surface area contributed by atoms with Crippen LogP contribution in [-0.4, -0.2) is 23.0 Å². The summed E-state index contributed by atoms with van der Waals surface area (Å²) in [7, 11) is 1.94. The summed E-state index contributed by atoms with van der Waals surface area (Å²) in [6.45, 7) is 2.22. The van der Waals surface area contributed by atoms with Gasteiger partial charge in [-0.25, -0.2) is 4.98 Å². The minimum absolute atomic E-state index is 0.00897. The van der Waals surface area contributed by atoms with Crippen LogP contribution in [0, 0.1) is 16.0 Å². The number of rotatable bonds is 3. The molecule has 1 aromatic rings. The first-order chi connectivity index (χ1) is 8.99. The number of hydrogen-bond donors (Lipinski definition) is 0. The van der Waals surface area contributed by atoms with Gasteiger partial charge < -0.3 is 4.90 Å². The molecule has 0 aromatic carbocycles. The van der Waals surface area contributed by atoms with Crippen LogP contribution in [0.4, 0.5) is 11.5 Å². The molecule has 19 heavy (non-hydrogen) atoms. The Morgan fingerprint density at radius 3 is 2.74 bits per heavy atom. The average molecular weight is 284 g/mol. The number of aromatic nitrogens is 1. The van der Waals surface area contributed by atoms with E-state index in [1.807, 2.05) is 11.9 Å². The molecule has 0 radical (unpaired) electrons. The minimum atomic E-state index is -0.435. The van der Waals surface area contributed by atoms with Crippen molar-refractivity contribution in [2.45, 2.75) is 38.6 Å². The highest BCUT2D eigenvalue weighted by Gasteiger charge is 2.26. The third kappa shape index (κ3) is 3.15. The number of nitrogens with zero attached hydrogens (tertiary/aromatic N) is 3. The molecule has 0 N–H and O–H groups in total. The van der Waals surface area contributed by atoms with Gasteiger partial charge in [0.15, 0.2) is 0 Å². The standard InChI is InChI=1S/C13H18ClN3O2/c1-9-5-3-4-6-11(9)16(2)13-8-10(17(18)19)7-12(14)15-13/h7-9,11H,3-6H2,1-2H3. The summed E-state index contributed by atoms with van der Waals surface area (Å²) in [6.07, 6.45) is 4.74. The molecule has 6 heteroatoms. The average Bonchev–Trinajstić information content (AvgIpc) is 2.37. The SMILES string of the molecule is CC1CCCCC1N(C)c1cc([N+](=O)[O-])cc(Cl)n1. The van der Waals surface area contributed by atoms with Crippen LogP contribution in [0.3, 0.4) is 0 Å². The van der Waals surface area contributed by atoms with Gasteiger partial charge in [0.1, 0.15) is 11.0 Å². The lowest BCUT2D eigenvalue weighted by Gasteiger charge is -2.36. The molecule has 1 fully saturated rings. The zero-order valence-corrected chi connectivity index (χ0v) is 11.9.